The Kier molecular flexibility index (Phi) is 5.55. The number of aliphatic carboxylic acids is 1. The number of aliphatic hydroxyl groups is 2. The minimum Gasteiger partial charge on any atom is -0.477 e. The third-order valence-electron chi connectivity index (χ3n) is 2.39. The van der Waals surface area contributed by atoms with E-state index in [4.69, 9.17) is 9.84 Å². The highest BCUT2D eigenvalue weighted by molar-refractivity contribution is 7.74. The Morgan fingerprint density at radius 3 is 2.82 bits per heavy atom. The minimum absolute atomic E-state index is 0.124. The molecule has 0 aromatic heterocycles. The molecule has 100 valence electrons. The molecule has 1 fully saturated rings. The lowest BCUT2D eigenvalue weighted by Crippen LogP contribution is -2.60. The van der Waals surface area contributed by atoms with Crippen molar-refractivity contribution in [3.8, 4) is 0 Å². The lowest BCUT2D eigenvalue weighted by Gasteiger charge is -2.40. The molecule has 0 amide bonds. The molecule has 0 spiro atoms. The Hall–Kier alpha value is 0.01000. The average molecular weight is 287 g/mol. The van der Waals surface area contributed by atoms with E-state index in [0.717, 1.165) is 0 Å². The van der Waals surface area contributed by atoms with Crippen molar-refractivity contribution in [2.24, 2.45) is 0 Å². The molecule has 1 saturated heterocycles. The molecule has 1 rings (SSSR count). The standard InChI is InChI=1S/C7H14NO7PS/c9-3-1-7(12,6(10)11)13-4(2-8-16)5(3)14-15-17/h3-5,8-9,12,17H,1-2,16H2,(H,10,11)/t3-,4?,5+,7-/m1/s1. The van der Waals surface area contributed by atoms with Gasteiger partial charge in [-0.15, -0.1) is 0 Å². The van der Waals surface area contributed by atoms with Crippen LogP contribution in [0.15, 0.2) is 0 Å². The van der Waals surface area contributed by atoms with Gasteiger partial charge in [0.15, 0.2) is 0 Å². The second-order valence-electron chi connectivity index (χ2n) is 3.56. The Labute approximate surface area is 105 Å². The van der Waals surface area contributed by atoms with Gasteiger partial charge in [-0.25, -0.2) is 9.68 Å². The highest BCUT2D eigenvalue weighted by Crippen LogP contribution is 2.29. The van der Waals surface area contributed by atoms with Gasteiger partial charge in [-0.2, -0.15) is 4.33 Å². The maximum atomic E-state index is 10.8. The van der Waals surface area contributed by atoms with Crippen LogP contribution in [0.1, 0.15) is 6.42 Å². The molecular weight excluding hydrogens is 273 g/mol. The zero-order valence-electron chi connectivity index (χ0n) is 8.65. The summed E-state index contributed by atoms with van der Waals surface area (Å²) in [7, 11) is 2.18. The van der Waals surface area contributed by atoms with Crippen molar-refractivity contribution < 1.29 is 34.1 Å². The largest absolute Gasteiger partial charge is 0.477 e. The number of nitrogens with one attached hydrogen (secondary N) is 1. The van der Waals surface area contributed by atoms with E-state index in [1.54, 1.807) is 0 Å². The van der Waals surface area contributed by atoms with E-state index in [2.05, 4.69) is 36.6 Å². The first-order chi connectivity index (χ1) is 7.94. The fourth-order valence-electron chi connectivity index (χ4n) is 1.60. The van der Waals surface area contributed by atoms with Crippen molar-refractivity contribution in [3.63, 3.8) is 0 Å². The van der Waals surface area contributed by atoms with Crippen LogP contribution in [-0.2, 0) is 18.8 Å². The Morgan fingerprint density at radius 1 is 1.71 bits per heavy atom. The summed E-state index contributed by atoms with van der Waals surface area (Å²) in [5.41, 5.74) is 0. The molecule has 4 N–H and O–H groups in total. The van der Waals surface area contributed by atoms with Crippen LogP contribution >= 0.6 is 22.3 Å². The van der Waals surface area contributed by atoms with Crippen molar-refractivity contribution in [3.05, 3.63) is 0 Å². The maximum absolute atomic E-state index is 10.8. The normalized spacial score (nSPS) is 38.0. The maximum Gasteiger partial charge on any atom is 0.364 e. The third-order valence-corrected chi connectivity index (χ3v) is 2.71. The summed E-state index contributed by atoms with van der Waals surface area (Å²) >= 11 is 3.37. The summed E-state index contributed by atoms with van der Waals surface area (Å²) in [6.45, 7) is 0.124. The van der Waals surface area contributed by atoms with Crippen LogP contribution in [0.2, 0.25) is 0 Å². The summed E-state index contributed by atoms with van der Waals surface area (Å²) < 4.78 is 9.14. The van der Waals surface area contributed by atoms with Gasteiger partial charge >= 0.3 is 5.97 Å². The molecule has 0 aromatic rings. The van der Waals surface area contributed by atoms with E-state index in [1.165, 1.54) is 0 Å². The summed E-state index contributed by atoms with van der Waals surface area (Å²) in [6, 6.07) is 0. The predicted molar refractivity (Wildman–Crippen MR) is 60.7 cm³/mol. The van der Waals surface area contributed by atoms with Crippen LogP contribution in [0.5, 0.6) is 0 Å². The zero-order chi connectivity index (χ0) is 13.1. The molecule has 17 heavy (non-hydrogen) atoms. The number of thiol groups is 1. The van der Waals surface area contributed by atoms with Gasteiger partial charge in [-0.3, -0.25) is 5.09 Å². The first-order valence-corrected chi connectivity index (χ1v) is 5.61. The van der Waals surface area contributed by atoms with Gasteiger partial charge < -0.3 is 20.1 Å². The SMILES string of the molecule is O=C(O)[C@@]1(O)C[C@@H](O)[C@H](OOS)C(CNP)O1. The fraction of sp³-hybridized carbons (Fsp3) is 0.857. The Morgan fingerprint density at radius 2 is 2.35 bits per heavy atom. The van der Waals surface area contributed by atoms with Gasteiger partial charge in [-0.1, -0.05) is 9.39 Å². The molecule has 1 aliphatic heterocycles. The van der Waals surface area contributed by atoms with Crippen LogP contribution in [0.25, 0.3) is 0 Å². The lowest BCUT2D eigenvalue weighted by molar-refractivity contribution is -0.345. The second kappa shape index (κ2) is 6.26. The monoisotopic (exact) mass is 287 g/mol. The number of hydrogen-bond donors (Lipinski definition) is 5. The van der Waals surface area contributed by atoms with Gasteiger partial charge in [0.2, 0.25) is 0 Å². The quantitative estimate of drug-likeness (QED) is 0.136. The number of aliphatic hydroxyl groups excluding tert-OH is 1. The first kappa shape index (κ1) is 15.1. The van der Waals surface area contributed by atoms with Crippen molar-refractivity contribution in [1.29, 1.82) is 0 Å². The number of carbonyl (C=O) groups is 1. The van der Waals surface area contributed by atoms with Crippen molar-refractivity contribution in [1.82, 2.24) is 5.09 Å². The third kappa shape index (κ3) is 3.49. The number of carboxylic acids is 1. The van der Waals surface area contributed by atoms with Crippen LogP contribution in [0, 0.1) is 0 Å². The summed E-state index contributed by atoms with van der Waals surface area (Å²) in [5.74, 6) is -4.02. The van der Waals surface area contributed by atoms with Crippen LogP contribution < -0.4 is 5.09 Å². The molecule has 0 bridgehead atoms. The molecule has 0 aliphatic carbocycles. The van der Waals surface area contributed by atoms with Crippen LogP contribution in [0.4, 0.5) is 0 Å². The zero-order valence-corrected chi connectivity index (χ0v) is 10.7. The van der Waals surface area contributed by atoms with E-state index in [-0.39, 0.29) is 6.54 Å². The molecular formula is C7H14NO7PS. The molecule has 1 aliphatic rings. The molecule has 10 heteroatoms. The first-order valence-electron chi connectivity index (χ1n) is 4.66. The molecule has 0 saturated carbocycles. The molecule has 1 heterocycles. The Bertz CT molecular complexity index is 283. The van der Waals surface area contributed by atoms with Gasteiger partial charge in [0, 0.05) is 25.9 Å². The molecule has 8 nitrogen and oxygen atoms in total. The van der Waals surface area contributed by atoms with E-state index in [1.807, 2.05) is 0 Å². The van der Waals surface area contributed by atoms with Gasteiger partial charge in [-0.05, 0) is 0 Å². The van der Waals surface area contributed by atoms with E-state index in [0.29, 0.717) is 0 Å². The predicted octanol–water partition coefficient (Wildman–Crippen LogP) is -1.55. The van der Waals surface area contributed by atoms with Crippen molar-refractivity contribution in [2.75, 3.05) is 6.54 Å². The minimum atomic E-state index is -2.44. The van der Waals surface area contributed by atoms with E-state index in [9.17, 15) is 15.0 Å². The number of rotatable bonds is 5. The molecule has 0 aromatic carbocycles. The van der Waals surface area contributed by atoms with Crippen LogP contribution in [0.3, 0.4) is 0 Å². The molecule has 0 radical (unpaired) electrons. The van der Waals surface area contributed by atoms with Gasteiger partial charge in [0.25, 0.3) is 5.79 Å². The number of hydrogen-bond acceptors (Lipinski definition) is 8. The van der Waals surface area contributed by atoms with Gasteiger partial charge in [0.1, 0.15) is 12.2 Å². The summed E-state index contributed by atoms with van der Waals surface area (Å²) in [5, 5.41) is 30.8. The molecule has 2 unspecified atom stereocenters. The second-order valence-corrected chi connectivity index (χ2v) is 4.12. The highest BCUT2D eigenvalue weighted by atomic mass is 32.1. The van der Waals surface area contributed by atoms with E-state index >= 15 is 0 Å². The van der Waals surface area contributed by atoms with E-state index < -0.39 is 36.5 Å². The fourth-order valence-corrected chi connectivity index (χ4v) is 1.93. The van der Waals surface area contributed by atoms with Crippen molar-refractivity contribution >= 4 is 28.3 Å². The average Bonchev–Trinajstić information content (AvgIpc) is 2.23. The Balaban J connectivity index is 2.82. The number of ether oxygens (including phenoxy) is 1. The van der Waals surface area contributed by atoms with Crippen LogP contribution in [-0.4, -0.2) is 51.9 Å². The van der Waals surface area contributed by atoms with Gasteiger partial charge in [0.05, 0.1) is 6.10 Å². The number of carboxylic acid groups (broad SMARTS) is 1. The lowest BCUT2D eigenvalue weighted by atomic mass is 9.95. The van der Waals surface area contributed by atoms with Crippen molar-refractivity contribution in [2.45, 2.75) is 30.5 Å². The highest BCUT2D eigenvalue weighted by Gasteiger charge is 2.51. The smallest absolute Gasteiger partial charge is 0.364 e. The molecule has 5 atom stereocenters. The topological polar surface area (TPSA) is 117 Å². The summed E-state index contributed by atoms with van der Waals surface area (Å²) in [4.78, 5) is 15.5. The summed E-state index contributed by atoms with van der Waals surface area (Å²) in [6.07, 6.45) is -3.66.